The van der Waals surface area contributed by atoms with Crippen molar-refractivity contribution in [3.8, 4) is 0 Å². The van der Waals surface area contributed by atoms with Gasteiger partial charge in [0.05, 0.1) is 66.1 Å². The van der Waals surface area contributed by atoms with E-state index in [1.807, 2.05) is 0 Å². The van der Waals surface area contributed by atoms with Gasteiger partial charge in [-0.25, -0.2) is 0 Å². The minimum absolute atomic E-state index is 0.0765. The van der Waals surface area contributed by atoms with E-state index in [0.29, 0.717) is 46.1 Å². The van der Waals surface area contributed by atoms with E-state index in [-0.39, 0.29) is 26.4 Å². The molecule has 8 N–H and O–H groups in total. The Labute approximate surface area is 261 Å². The first-order valence-corrected chi connectivity index (χ1v) is 14.9. The number of hydrogen-bond acceptors (Lipinski definition) is 16. The SMILES string of the molecule is CC(=O)NC1C(OCCOCCOCCCOCCOCCOC2OC(CO)C(O)C(O)C2NC(C)=O)OC(CO)C(O)C1O. The smallest absolute Gasteiger partial charge is 0.217 e. The Morgan fingerprint density at radius 2 is 0.889 bits per heavy atom. The second-order valence-corrected chi connectivity index (χ2v) is 10.4. The third-order valence-corrected chi connectivity index (χ3v) is 6.84. The third kappa shape index (κ3) is 14.0. The molecule has 0 bridgehead atoms. The van der Waals surface area contributed by atoms with Gasteiger partial charge in [-0.1, -0.05) is 0 Å². The Morgan fingerprint density at radius 1 is 0.556 bits per heavy atom. The van der Waals surface area contributed by atoms with E-state index < -0.39 is 86.3 Å². The van der Waals surface area contributed by atoms with Gasteiger partial charge in [0.25, 0.3) is 0 Å². The van der Waals surface area contributed by atoms with Gasteiger partial charge in [-0.2, -0.15) is 0 Å². The second-order valence-electron chi connectivity index (χ2n) is 10.4. The first-order valence-electron chi connectivity index (χ1n) is 14.9. The van der Waals surface area contributed by atoms with Gasteiger partial charge in [0, 0.05) is 27.1 Å². The van der Waals surface area contributed by atoms with Gasteiger partial charge < -0.3 is 79.2 Å². The van der Waals surface area contributed by atoms with Crippen LogP contribution in [0.4, 0.5) is 0 Å². The number of carbonyl (C=O) groups is 2. The van der Waals surface area contributed by atoms with Gasteiger partial charge in [-0.05, 0) is 6.42 Å². The summed E-state index contributed by atoms with van der Waals surface area (Å²) in [6.45, 7) is 4.20. The van der Waals surface area contributed by atoms with Crippen LogP contribution in [0.1, 0.15) is 20.3 Å². The Kier molecular flexibility index (Phi) is 19.4. The molecule has 0 spiro atoms. The first-order chi connectivity index (χ1) is 21.6. The molecule has 18 nitrogen and oxygen atoms in total. The molecule has 10 atom stereocenters. The average Bonchev–Trinajstić information content (AvgIpc) is 3.00. The standard InChI is InChI=1S/C27H50N2O16/c1-16(32)28-20-24(36)22(34)18(14-30)44-26(20)42-12-10-40-8-6-38-4-3-5-39-7-9-41-11-13-43-27-21(29-17(2)33)25(37)23(35)19(15-31)45-27/h18-27,30-31,34-37H,3-15H2,1-2H3,(H,28,32)(H,29,33). The molecule has 264 valence electrons. The molecule has 0 saturated carbocycles. The van der Waals surface area contributed by atoms with Crippen molar-refractivity contribution in [1.29, 1.82) is 0 Å². The molecular weight excluding hydrogens is 608 g/mol. The fourth-order valence-corrected chi connectivity index (χ4v) is 4.58. The van der Waals surface area contributed by atoms with Gasteiger partial charge in [0.2, 0.25) is 11.8 Å². The average molecular weight is 659 g/mol. The highest BCUT2D eigenvalue weighted by molar-refractivity contribution is 5.73. The van der Waals surface area contributed by atoms with Crippen LogP contribution in [-0.2, 0) is 47.5 Å². The summed E-state index contributed by atoms with van der Waals surface area (Å²) in [5, 5.41) is 64.2. The number of rotatable bonds is 22. The topological polar surface area (TPSA) is 253 Å². The van der Waals surface area contributed by atoms with E-state index in [4.69, 9.17) is 37.9 Å². The number of nitrogens with one attached hydrogen (secondary N) is 2. The molecule has 18 heteroatoms. The summed E-state index contributed by atoms with van der Waals surface area (Å²) in [5.74, 6) is -0.873. The maximum absolute atomic E-state index is 11.4. The molecule has 2 amide bonds. The molecule has 10 unspecified atom stereocenters. The van der Waals surface area contributed by atoms with Crippen LogP contribution in [0.3, 0.4) is 0 Å². The van der Waals surface area contributed by atoms with E-state index in [9.17, 15) is 40.2 Å². The molecule has 0 aromatic rings. The third-order valence-electron chi connectivity index (χ3n) is 6.84. The second kappa shape index (κ2) is 22.0. The maximum atomic E-state index is 11.4. The highest BCUT2D eigenvalue weighted by Gasteiger charge is 2.46. The molecule has 2 fully saturated rings. The number of ether oxygens (including phenoxy) is 8. The van der Waals surface area contributed by atoms with Gasteiger partial charge >= 0.3 is 0 Å². The van der Waals surface area contributed by atoms with Crippen molar-refractivity contribution < 1.29 is 78.1 Å². The fraction of sp³-hybridized carbons (Fsp3) is 0.926. The Morgan fingerprint density at radius 3 is 1.22 bits per heavy atom. The summed E-state index contributed by atoms with van der Waals surface area (Å²) in [6, 6.07) is -2.02. The van der Waals surface area contributed by atoms with Crippen LogP contribution < -0.4 is 10.6 Å². The van der Waals surface area contributed by atoms with Crippen molar-refractivity contribution in [2.75, 3.05) is 79.3 Å². The number of amides is 2. The van der Waals surface area contributed by atoms with Crippen molar-refractivity contribution in [3.05, 3.63) is 0 Å². The minimum atomic E-state index is -1.38. The van der Waals surface area contributed by atoms with Crippen molar-refractivity contribution in [3.63, 3.8) is 0 Å². The quantitative estimate of drug-likeness (QED) is 0.0509. The predicted octanol–water partition coefficient (Wildman–Crippen LogP) is -4.64. The maximum Gasteiger partial charge on any atom is 0.217 e. The lowest BCUT2D eigenvalue weighted by molar-refractivity contribution is -0.272. The summed E-state index contributed by atoms with van der Waals surface area (Å²) >= 11 is 0. The monoisotopic (exact) mass is 658 g/mol. The van der Waals surface area contributed by atoms with Gasteiger partial charge in [-0.15, -0.1) is 0 Å². The zero-order valence-electron chi connectivity index (χ0n) is 25.7. The molecule has 2 heterocycles. The predicted molar refractivity (Wildman–Crippen MR) is 151 cm³/mol. The van der Waals surface area contributed by atoms with Crippen LogP contribution in [0, 0.1) is 0 Å². The van der Waals surface area contributed by atoms with E-state index in [2.05, 4.69) is 10.6 Å². The molecule has 0 aromatic heterocycles. The molecule has 2 saturated heterocycles. The molecular formula is C27H50N2O16. The zero-order chi connectivity index (χ0) is 33.2. The first kappa shape index (κ1) is 39.6. The van der Waals surface area contributed by atoms with E-state index >= 15 is 0 Å². The lowest BCUT2D eigenvalue weighted by Gasteiger charge is -2.42. The van der Waals surface area contributed by atoms with Crippen LogP contribution in [0.15, 0.2) is 0 Å². The van der Waals surface area contributed by atoms with Crippen molar-refractivity contribution in [1.82, 2.24) is 10.6 Å². The van der Waals surface area contributed by atoms with Crippen LogP contribution in [0.25, 0.3) is 0 Å². The highest BCUT2D eigenvalue weighted by atomic mass is 16.7. The molecule has 0 radical (unpaired) electrons. The zero-order valence-corrected chi connectivity index (χ0v) is 25.7. The fourth-order valence-electron chi connectivity index (χ4n) is 4.58. The van der Waals surface area contributed by atoms with Crippen molar-refractivity contribution in [2.45, 2.75) is 81.6 Å². The normalized spacial score (nSPS) is 31.9. The minimum Gasteiger partial charge on any atom is -0.394 e. The lowest BCUT2D eigenvalue weighted by atomic mass is 9.97. The summed E-state index contributed by atoms with van der Waals surface area (Å²) < 4.78 is 43.9. The molecule has 0 aliphatic carbocycles. The highest BCUT2D eigenvalue weighted by Crippen LogP contribution is 2.23. The van der Waals surface area contributed by atoms with Crippen molar-refractivity contribution in [2.24, 2.45) is 0 Å². The largest absolute Gasteiger partial charge is 0.394 e. The summed E-state index contributed by atoms with van der Waals surface area (Å²) in [7, 11) is 0. The molecule has 0 aromatic carbocycles. The van der Waals surface area contributed by atoms with E-state index in [0.717, 1.165) is 0 Å². The van der Waals surface area contributed by atoms with E-state index in [1.165, 1.54) is 13.8 Å². The Balaban J connectivity index is 1.44. The van der Waals surface area contributed by atoms with Crippen LogP contribution in [0.2, 0.25) is 0 Å². The summed E-state index contributed by atoms with van der Waals surface area (Å²) in [5.41, 5.74) is 0. The molecule has 45 heavy (non-hydrogen) atoms. The van der Waals surface area contributed by atoms with Crippen LogP contribution >= 0.6 is 0 Å². The molecule has 2 aliphatic heterocycles. The van der Waals surface area contributed by atoms with Crippen LogP contribution in [-0.4, -0.2) is 183 Å². The van der Waals surface area contributed by atoms with E-state index in [1.54, 1.807) is 0 Å². The van der Waals surface area contributed by atoms with Gasteiger partial charge in [0.15, 0.2) is 12.6 Å². The van der Waals surface area contributed by atoms with Gasteiger partial charge in [-0.3, -0.25) is 9.59 Å². The molecule has 2 rings (SSSR count). The number of aliphatic hydroxyl groups is 6. The number of aliphatic hydroxyl groups excluding tert-OH is 6. The summed E-state index contributed by atoms with van der Waals surface area (Å²) in [4.78, 5) is 22.9. The van der Waals surface area contributed by atoms with Gasteiger partial charge in [0.1, 0.15) is 48.7 Å². The summed E-state index contributed by atoms with van der Waals surface area (Å²) in [6.07, 6.45) is -9.11. The number of carbonyl (C=O) groups excluding carboxylic acids is 2. The van der Waals surface area contributed by atoms with Crippen LogP contribution in [0.5, 0.6) is 0 Å². The Hall–Kier alpha value is -1.62. The lowest BCUT2D eigenvalue weighted by Crippen LogP contribution is -2.64. The Bertz CT molecular complexity index is 764. The van der Waals surface area contributed by atoms with Crippen molar-refractivity contribution >= 4 is 11.8 Å². The molecule has 2 aliphatic rings. The number of hydrogen-bond donors (Lipinski definition) is 8.